The van der Waals surface area contributed by atoms with Crippen molar-refractivity contribution in [1.29, 1.82) is 0 Å². The highest BCUT2D eigenvalue weighted by Gasteiger charge is 2.05. The van der Waals surface area contributed by atoms with Crippen molar-refractivity contribution in [2.75, 3.05) is 0 Å². The molecule has 0 spiro atoms. The van der Waals surface area contributed by atoms with E-state index in [1.807, 2.05) is 12.1 Å². The van der Waals surface area contributed by atoms with Crippen LogP contribution in [0.3, 0.4) is 0 Å². The van der Waals surface area contributed by atoms with E-state index >= 15 is 0 Å². The van der Waals surface area contributed by atoms with E-state index in [1.165, 1.54) is 22.3 Å². The van der Waals surface area contributed by atoms with Crippen molar-refractivity contribution >= 4 is 10.9 Å². The maximum atomic E-state index is 3.48. The van der Waals surface area contributed by atoms with Crippen LogP contribution < -0.4 is 0 Å². The van der Waals surface area contributed by atoms with Crippen LogP contribution in [-0.2, 0) is 0 Å². The lowest BCUT2D eigenvalue weighted by Crippen LogP contribution is -1.94. The zero-order valence-corrected chi connectivity index (χ0v) is 12.2. The third-order valence-corrected chi connectivity index (χ3v) is 3.20. The molecular formula is C19H21N. The van der Waals surface area contributed by atoms with Crippen molar-refractivity contribution in [1.82, 2.24) is 4.57 Å². The van der Waals surface area contributed by atoms with E-state index in [2.05, 4.69) is 79.6 Å². The molecule has 0 aliphatic carbocycles. The largest absolute Gasteiger partial charge is 0.314 e. The predicted molar refractivity (Wildman–Crippen MR) is 88.5 cm³/mol. The van der Waals surface area contributed by atoms with Crippen LogP contribution >= 0.6 is 0 Å². The summed E-state index contributed by atoms with van der Waals surface area (Å²) >= 11 is 0. The molecule has 0 bridgehead atoms. The first-order valence-corrected chi connectivity index (χ1v) is 7.01. The number of aromatic nitrogens is 1. The Balaban J connectivity index is 0.000000328. The Morgan fingerprint density at radius 2 is 1.60 bits per heavy atom. The van der Waals surface area contributed by atoms with Gasteiger partial charge in [-0.2, -0.15) is 0 Å². The number of rotatable bonds is 2. The standard InChI is InChI=1S/C15H13N.C4H8/c1-12-11-13-7-5-6-10-15(13)16(12)14-8-3-2-4-9-14;1-3-4-2/h2-11H,1H3;3H,1,4H2,2H3. The van der Waals surface area contributed by atoms with Gasteiger partial charge >= 0.3 is 0 Å². The molecule has 0 saturated carbocycles. The fourth-order valence-electron chi connectivity index (χ4n) is 2.21. The molecule has 0 radical (unpaired) electrons. The molecule has 1 aromatic heterocycles. The fourth-order valence-corrected chi connectivity index (χ4v) is 2.21. The van der Waals surface area contributed by atoms with Crippen LogP contribution in [0.1, 0.15) is 19.0 Å². The highest BCUT2D eigenvalue weighted by Crippen LogP contribution is 2.23. The monoisotopic (exact) mass is 263 g/mol. The maximum Gasteiger partial charge on any atom is 0.0531 e. The van der Waals surface area contributed by atoms with Crippen LogP contribution in [-0.4, -0.2) is 4.57 Å². The minimum absolute atomic E-state index is 1.08. The SMILES string of the molecule is C=CCC.Cc1cc2ccccc2n1-c1ccccc1. The van der Waals surface area contributed by atoms with Gasteiger partial charge in [0.05, 0.1) is 5.52 Å². The van der Waals surface area contributed by atoms with Gasteiger partial charge in [-0.3, -0.25) is 0 Å². The first-order valence-electron chi connectivity index (χ1n) is 7.01. The number of fused-ring (bicyclic) bond motifs is 1. The summed E-state index contributed by atoms with van der Waals surface area (Å²) in [5, 5.41) is 1.30. The summed E-state index contributed by atoms with van der Waals surface area (Å²) in [6, 6.07) is 21.2. The lowest BCUT2D eigenvalue weighted by Gasteiger charge is -2.07. The zero-order chi connectivity index (χ0) is 14.4. The molecule has 1 heterocycles. The van der Waals surface area contributed by atoms with Crippen LogP contribution in [0.4, 0.5) is 0 Å². The van der Waals surface area contributed by atoms with E-state index in [0.29, 0.717) is 0 Å². The van der Waals surface area contributed by atoms with E-state index in [9.17, 15) is 0 Å². The molecule has 0 N–H and O–H groups in total. The topological polar surface area (TPSA) is 4.93 Å². The molecule has 102 valence electrons. The van der Waals surface area contributed by atoms with E-state index < -0.39 is 0 Å². The Bertz CT molecular complexity index is 677. The van der Waals surface area contributed by atoms with Crippen molar-refractivity contribution in [3.8, 4) is 5.69 Å². The van der Waals surface area contributed by atoms with Gasteiger partial charge in [0.25, 0.3) is 0 Å². The molecule has 0 saturated heterocycles. The molecule has 0 amide bonds. The summed E-state index contributed by atoms with van der Waals surface area (Å²) < 4.78 is 2.29. The first-order chi connectivity index (χ1) is 9.77. The molecule has 0 atom stereocenters. The van der Waals surface area contributed by atoms with Crippen molar-refractivity contribution < 1.29 is 0 Å². The summed E-state index contributed by atoms with van der Waals surface area (Å²) in [6.45, 7) is 7.69. The molecule has 0 unspecified atom stereocenters. The number of para-hydroxylation sites is 2. The Labute approximate surface area is 121 Å². The van der Waals surface area contributed by atoms with Gasteiger partial charge in [0.2, 0.25) is 0 Å². The third kappa shape index (κ3) is 3.00. The Morgan fingerprint density at radius 1 is 1.00 bits per heavy atom. The van der Waals surface area contributed by atoms with Crippen molar-refractivity contribution in [3.05, 3.63) is 79.0 Å². The average molecular weight is 263 g/mol. The maximum absolute atomic E-state index is 3.48. The van der Waals surface area contributed by atoms with E-state index in [4.69, 9.17) is 0 Å². The number of allylic oxidation sites excluding steroid dienone is 1. The van der Waals surface area contributed by atoms with Crippen LogP contribution in [0.5, 0.6) is 0 Å². The second kappa shape index (κ2) is 6.76. The highest BCUT2D eigenvalue weighted by molar-refractivity contribution is 5.83. The molecule has 20 heavy (non-hydrogen) atoms. The molecule has 1 heteroatoms. The van der Waals surface area contributed by atoms with Gasteiger partial charge in [-0.15, -0.1) is 6.58 Å². The minimum atomic E-state index is 1.08. The van der Waals surface area contributed by atoms with Gasteiger partial charge in [0.1, 0.15) is 0 Å². The number of hydrogen-bond acceptors (Lipinski definition) is 0. The van der Waals surface area contributed by atoms with Crippen molar-refractivity contribution in [3.63, 3.8) is 0 Å². The highest BCUT2D eigenvalue weighted by atomic mass is 15.0. The molecule has 0 aliphatic heterocycles. The average Bonchev–Trinajstić information content (AvgIpc) is 2.84. The molecule has 2 aromatic carbocycles. The number of nitrogens with zero attached hydrogens (tertiary/aromatic N) is 1. The molecule has 0 fully saturated rings. The van der Waals surface area contributed by atoms with Gasteiger partial charge in [-0.05, 0) is 37.6 Å². The van der Waals surface area contributed by atoms with Gasteiger partial charge in [-0.1, -0.05) is 49.4 Å². The fraction of sp³-hybridized carbons (Fsp3) is 0.158. The summed E-state index contributed by atoms with van der Waals surface area (Å²) in [7, 11) is 0. The second-order valence-corrected chi connectivity index (χ2v) is 4.71. The summed E-state index contributed by atoms with van der Waals surface area (Å²) in [6.07, 6.45) is 2.96. The van der Waals surface area contributed by atoms with E-state index in [0.717, 1.165) is 6.42 Å². The third-order valence-electron chi connectivity index (χ3n) is 3.20. The Hall–Kier alpha value is -2.28. The minimum Gasteiger partial charge on any atom is -0.314 e. The summed E-state index contributed by atoms with van der Waals surface area (Å²) in [4.78, 5) is 0. The summed E-state index contributed by atoms with van der Waals surface area (Å²) in [5.74, 6) is 0. The lowest BCUT2D eigenvalue weighted by molar-refractivity contribution is 1.05. The van der Waals surface area contributed by atoms with Gasteiger partial charge < -0.3 is 4.57 Å². The second-order valence-electron chi connectivity index (χ2n) is 4.71. The Morgan fingerprint density at radius 3 is 2.25 bits per heavy atom. The van der Waals surface area contributed by atoms with Crippen molar-refractivity contribution in [2.45, 2.75) is 20.3 Å². The Kier molecular flexibility index (Phi) is 4.78. The van der Waals surface area contributed by atoms with Gasteiger partial charge in [0, 0.05) is 16.8 Å². The zero-order valence-electron chi connectivity index (χ0n) is 12.2. The van der Waals surface area contributed by atoms with Gasteiger partial charge in [-0.25, -0.2) is 0 Å². The van der Waals surface area contributed by atoms with Crippen LogP contribution in [0.25, 0.3) is 16.6 Å². The first kappa shape index (κ1) is 14.1. The van der Waals surface area contributed by atoms with Crippen LogP contribution in [0.15, 0.2) is 73.3 Å². The van der Waals surface area contributed by atoms with Gasteiger partial charge in [0.15, 0.2) is 0 Å². The van der Waals surface area contributed by atoms with Crippen molar-refractivity contribution in [2.24, 2.45) is 0 Å². The van der Waals surface area contributed by atoms with E-state index in [1.54, 1.807) is 0 Å². The number of hydrogen-bond donors (Lipinski definition) is 0. The van der Waals surface area contributed by atoms with E-state index in [-0.39, 0.29) is 0 Å². The molecule has 0 aliphatic rings. The quantitative estimate of drug-likeness (QED) is 0.536. The molecule has 1 nitrogen and oxygen atoms in total. The number of aryl methyl sites for hydroxylation is 1. The predicted octanol–water partition coefficient (Wildman–Crippen LogP) is 5.52. The van der Waals surface area contributed by atoms with Crippen LogP contribution in [0, 0.1) is 6.92 Å². The van der Waals surface area contributed by atoms with Crippen LogP contribution in [0.2, 0.25) is 0 Å². The molecule has 3 aromatic rings. The molecular weight excluding hydrogens is 242 g/mol. The summed E-state index contributed by atoms with van der Waals surface area (Å²) in [5.41, 5.74) is 3.76. The smallest absolute Gasteiger partial charge is 0.0531 e. The molecule has 3 rings (SSSR count). The normalized spacial score (nSPS) is 9.90. The number of benzene rings is 2. The lowest BCUT2D eigenvalue weighted by atomic mass is 10.2.